The molecule has 1 amide bonds. The number of aryl methyl sites for hydroxylation is 1. The fourth-order valence-electron chi connectivity index (χ4n) is 1.16. The molecular formula is C10H14Br2N2O. The van der Waals surface area contributed by atoms with Crippen LogP contribution in [-0.2, 0) is 6.54 Å². The zero-order valence-corrected chi connectivity index (χ0v) is 11.5. The van der Waals surface area contributed by atoms with Crippen molar-refractivity contribution in [2.24, 2.45) is 5.73 Å². The molecule has 0 saturated carbocycles. The van der Waals surface area contributed by atoms with E-state index in [0.717, 1.165) is 24.7 Å². The third-order valence-corrected chi connectivity index (χ3v) is 2.54. The van der Waals surface area contributed by atoms with Crippen LogP contribution in [0.1, 0.15) is 23.2 Å². The number of amides is 1. The van der Waals surface area contributed by atoms with Crippen LogP contribution in [0.5, 0.6) is 0 Å². The highest BCUT2D eigenvalue weighted by atomic mass is 79.9. The van der Waals surface area contributed by atoms with Gasteiger partial charge in [-0.05, 0) is 6.42 Å². The average Bonchev–Trinajstić information content (AvgIpc) is 2.19. The molecule has 0 aliphatic carbocycles. The summed E-state index contributed by atoms with van der Waals surface area (Å²) in [5, 5.41) is 1.03. The Balaban J connectivity index is 0.00000196. The molecule has 0 aromatic carbocycles. The highest BCUT2D eigenvalue weighted by Gasteiger charge is 2.03. The lowest BCUT2D eigenvalue weighted by Gasteiger charge is -1.96. The number of rotatable bonds is 5. The first kappa shape index (κ1) is 14.6. The molecule has 1 aromatic heterocycles. The van der Waals surface area contributed by atoms with Gasteiger partial charge in [-0.1, -0.05) is 15.9 Å². The third-order valence-electron chi connectivity index (χ3n) is 1.98. The highest BCUT2D eigenvalue weighted by Crippen LogP contribution is 1.95. The van der Waals surface area contributed by atoms with E-state index in [-0.39, 0.29) is 22.9 Å². The monoisotopic (exact) mass is 336 g/mol. The van der Waals surface area contributed by atoms with Gasteiger partial charge in [0.05, 0.1) is 5.56 Å². The Morgan fingerprint density at radius 1 is 1.33 bits per heavy atom. The standard InChI is InChI=1S/C10H13BrN2O.BrH/c11-5-1-2-6-13-7-3-9(4-8-13)10(12)14;/h3-4,7-8H,1-2,5-6H2,(H-,12,14);1H. The number of pyridine rings is 1. The lowest BCUT2D eigenvalue weighted by molar-refractivity contribution is -0.697. The smallest absolute Gasteiger partial charge is 0.249 e. The maximum absolute atomic E-state index is 10.8. The second-order valence-corrected chi connectivity index (χ2v) is 3.88. The van der Waals surface area contributed by atoms with E-state index >= 15 is 0 Å². The zero-order valence-electron chi connectivity index (χ0n) is 8.33. The molecule has 0 unspecified atom stereocenters. The van der Waals surface area contributed by atoms with Gasteiger partial charge in [-0.2, -0.15) is 0 Å². The molecule has 15 heavy (non-hydrogen) atoms. The van der Waals surface area contributed by atoms with Crippen molar-refractivity contribution in [3.63, 3.8) is 0 Å². The Hall–Kier alpha value is -0.420. The quantitative estimate of drug-likeness (QED) is 0.387. The number of alkyl halides is 1. The van der Waals surface area contributed by atoms with Crippen LogP contribution in [0.4, 0.5) is 0 Å². The van der Waals surface area contributed by atoms with Crippen LogP contribution in [-0.4, -0.2) is 11.2 Å². The Morgan fingerprint density at radius 3 is 2.40 bits per heavy atom. The summed E-state index contributed by atoms with van der Waals surface area (Å²) in [6.45, 7) is 0.977. The minimum absolute atomic E-state index is 0. The summed E-state index contributed by atoms with van der Waals surface area (Å²) in [5.41, 5.74) is 5.69. The van der Waals surface area contributed by atoms with Crippen molar-refractivity contribution in [2.45, 2.75) is 19.4 Å². The first-order valence-electron chi connectivity index (χ1n) is 4.59. The summed E-state index contributed by atoms with van der Waals surface area (Å²) < 4.78 is 2.05. The molecule has 5 heteroatoms. The van der Waals surface area contributed by atoms with E-state index in [0.29, 0.717) is 5.56 Å². The van der Waals surface area contributed by atoms with Gasteiger partial charge in [-0.15, -0.1) is 0 Å². The van der Waals surface area contributed by atoms with E-state index in [2.05, 4.69) is 20.5 Å². The van der Waals surface area contributed by atoms with Crippen LogP contribution in [0.25, 0.3) is 0 Å². The lowest BCUT2D eigenvalue weighted by atomic mass is 10.2. The van der Waals surface area contributed by atoms with Crippen molar-refractivity contribution in [3.8, 4) is 0 Å². The van der Waals surface area contributed by atoms with Gasteiger partial charge in [0, 0.05) is 23.9 Å². The van der Waals surface area contributed by atoms with Crippen molar-refractivity contribution in [3.05, 3.63) is 30.1 Å². The summed E-state index contributed by atoms with van der Waals surface area (Å²) in [4.78, 5) is 10.8. The molecule has 0 saturated heterocycles. The van der Waals surface area contributed by atoms with E-state index in [1.54, 1.807) is 12.1 Å². The van der Waals surface area contributed by atoms with E-state index in [1.165, 1.54) is 0 Å². The molecule has 1 aromatic rings. The van der Waals surface area contributed by atoms with E-state index < -0.39 is 0 Å². The van der Waals surface area contributed by atoms with Gasteiger partial charge in [0.15, 0.2) is 12.4 Å². The predicted molar refractivity (Wildman–Crippen MR) is 58.2 cm³/mol. The zero-order chi connectivity index (χ0) is 10.4. The van der Waals surface area contributed by atoms with Crippen LogP contribution in [0.3, 0.4) is 0 Å². The predicted octanol–water partition coefficient (Wildman–Crippen LogP) is -1.75. The highest BCUT2D eigenvalue weighted by molar-refractivity contribution is 9.09. The number of primary amides is 1. The molecule has 0 bridgehead atoms. The van der Waals surface area contributed by atoms with Crippen molar-refractivity contribution < 1.29 is 26.3 Å². The summed E-state index contributed by atoms with van der Waals surface area (Å²) in [6.07, 6.45) is 6.05. The Bertz CT molecular complexity index is 301. The maximum atomic E-state index is 10.8. The van der Waals surface area contributed by atoms with E-state index in [9.17, 15) is 4.79 Å². The van der Waals surface area contributed by atoms with Crippen molar-refractivity contribution >= 4 is 21.8 Å². The molecule has 0 atom stereocenters. The van der Waals surface area contributed by atoms with E-state index in [1.807, 2.05) is 12.4 Å². The number of nitrogens with zero attached hydrogens (tertiary/aromatic N) is 1. The van der Waals surface area contributed by atoms with Crippen molar-refractivity contribution in [1.29, 1.82) is 0 Å². The normalized spacial score (nSPS) is 9.40. The van der Waals surface area contributed by atoms with Gasteiger partial charge in [0.25, 0.3) is 0 Å². The Kier molecular flexibility index (Phi) is 7.60. The largest absolute Gasteiger partial charge is 1.00 e. The van der Waals surface area contributed by atoms with Gasteiger partial charge in [0.2, 0.25) is 5.91 Å². The average molecular weight is 338 g/mol. The summed E-state index contributed by atoms with van der Waals surface area (Å²) in [7, 11) is 0. The van der Waals surface area contributed by atoms with Gasteiger partial charge in [0.1, 0.15) is 6.54 Å². The molecule has 2 N–H and O–H groups in total. The fraction of sp³-hybridized carbons (Fsp3) is 0.400. The molecule has 0 fully saturated rings. The Labute approximate surface area is 109 Å². The van der Waals surface area contributed by atoms with E-state index in [4.69, 9.17) is 5.73 Å². The maximum Gasteiger partial charge on any atom is 0.249 e. The molecule has 84 valence electrons. The van der Waals surface area contributed by atoms with Crippen molar-refractivity contribution in [1.82, 2.24) is 0 Å². The molecule has 1 rings (SSSR count). The van der Waals surface area contributed by atoms with Crippen LogP contribution in [0, 0.1) is 0 Å². The lowest BCUT2D eigenvalue weighted by Crippen LogP contribution is -3.00. The topological polar surface area (TPSA) is 47.0 Å². The first-order valence-corrected chi connectivity index (χ1v) is 5.71. The van der Waals surface area contributed by atoms with Crippen LogP contribution in [0.15, 0.2) is 24.5 Å². The van der Waals surface area contributed by atoms with Gasteiger partial charge < -0.3 is 22.7 Å². The fourth-order valence-corrected chi connectivity index (χ4v) is 1.56. The first-order chi connectivity index (χ1) is 6.74. The van der Waals surface area contributed by atoms with Crippen LogP contribution >= 0.6 is 15.9 Å². The number of unbranched alkanes of at least 4 members (excludes halogenated alkanes) is 1. The number of hydrogen-bond donors (Lipinski definition) is 1. The number of hydrogen-bond acceptors (Lipinski definition) is 1. The van der Waals surface area contributed by atoms with Crippen LogP contribution < -0.4 is 27.3 Å². The molecule has 0 radical (unpaired) electrons. The molecule has 0 aliphatic rings. The SMILES string of the molecule is NC(=O)c1cc[n+](CCCCBr)cc1.[Br-]. The van der Waals surface area contributed by atoms with Gasteiger partial charge in [-0.3, -0.25) is 4.79 Å². The third kappa shape index (κ3) is 5.28. The molecule has 3 nitrogen and oxygen atoms in total. The molecule has 1 heterocycles. The number of nitrogens with two attached hydrogens (primary N) is 1. The van der Waals surface area contributed by atoms with Crippen LogP contribution in [0.2, 0.25) is 0 Å². The number of carbonyl (C=O) groups excluding carboxylic acids is 1. The number of halogens is 2. The molecular weight excluding hydrogens is 324 g/mol. The van der Waals surface area contributed by atoms with Crippen molar-refractivity contribution in [2.75, 3.05) is 5.33 Å². The second-order valence-electron chi connectivity index (χ2n) is 3.08. The minimum Gasteiger partial charge on any atom is -1.00 e. The summed E-state index contributed by atoms with van der Waals surface area (Å²) in [6, 6.07) is 3.49. The number of carbonyl (C=O) groups is 1. The molecule has 0 spiro atoms. The summed E-state index contributed by atoms with van der Waals surface area (Å²) in [5.74, 6) is -0.377. The summed E-state index contributed by atoms with van der Waals surface area (Å²) >= 11 is 3.38. The van der Waals surface area contributed by atoms with Gasteiger partial charge in [-0.25, -0.2) is 4.57 Å². The minimum atomic E-state index is -0.377. The molecule has 0 aliphatic heterocycles. The second kappa shape index (κ2) is 7.82. The number of aromatic nitrogens is 1. The Morgan fingerprint density at radius 2 is 1.93 bits per heavy atom. The van der Waals surface area contributed by atoms with Gasteiger partial charge >= 0.3 is 0 Å².